The first-order valence-corrected chi connectivity index (χ1v) is 8.43. The first-order valence-electron chi connectivity index (χ1n) is 8.43. The first kappa shape index (κ1) is 19.4. The van der Waals surface area contributed by atoms with Crippen LogP contribution in [0.5, 0.6) is 11.5 Å². The predicted molar refractivity (Wildman–Crippen MR) is 87.8 cm³/mol. The van der Waals surface area contributed by atoms with Crippen molar-refractivity contribution in [3.63, 3.8) is 0 Å². The van der Waals surface area contributed by atoms with Gasteiger partial charge in [-0.3, -0.25) is 4.79 Å². The molecule has 0 fully saturated rings. The zero-order chi connectivity index (χ0) is 18.6. The van der Waals surface area contributed by atoms with Crippen molar-refractivity contribution in [2.75, 3.05) is 26.3 Å². The van der Waals surface area contributed by atoms with Crippen LogP contribution in [0, 0.1) is 11.8 Å². The molecule has 1 aromatic carbocycles. The normalized spacial score (nSPS) is 17.0. The number of fused-ring (bicyclic) bond motifs is 1. The summed E-state index contributed by atoms with van der Waals surface area (Å²) in [4.78, 5) is 13.5. The average molecular weight is 359 g/mol. The molecular formula is C18H24F3NO3. The molecule has 25 heavy (non-hydrogen) atoms. The van der Waals surface area contributed by atoms with E-state index in [9.17, 15) is 18.0 Å². The number of halogens is 3. The lowest BCUT2D eigenvalue weighted by atomic mass is 9.95. The van der Waals surface area contributed by atoms with Gasteiger partial charge in [0.1, 0.15) is 24.7 Å². The number of hydrogen-bond acceptors (Lipinski definition) is 3. The molecule has 1 aliphatic rings. The van der Waals surface area contributed by atoms with Crippen LogP contribution in [0.3, 0.4) is 0 Å². The van der Waals surface area contributed by atoms with Crippen molar-refractivity contribution in [1.29, 1.82) is 0 Å². The van der Waals surface area contributed by atoms with Crippen molar-refractivity contribution in [1.82, 2.24) is 4.90 Å². The molecule has 0 saturated carbocycles. The van der Waals surface area contributed by atoms with Gasteiger partial charge in [-0.15, -0.1) is 0 Å². The molecule has 1 heterocycles. The summed E-state index contributed by atoms with van der Waals surface area (Å²) in [5, 5.41) is 0. The Labute approximate surface area is 145 Å². The van der Waals surface area contributed by atoms with E-state index in [4.69, 9.17) is 9.47 Å². The molecule has 0 aromatic heterocycles. The third-order valence-corrected chi connectivity index (χ3v) is 3.87. The number of carbonyl (C=O) groups excluding carboxylic acids is 1. The number of hydrogen-bond donors (Lipinski definition) is 0. The average Bonchev–Trinajstić information content (AvgIpc) is 2.51. The second-order valence-corrected chi connectivity index (χ2v) is 6.64. The molecule has 0 aliphatic carbocycles. The van der Waals surface area contributed by atoms with Crippen LogP contribution in [-0.2, 0) is 11.2 Å². The smallest absolute Gasteiger partial charge is 0.406 e. The molecule has 7 heteroatoms. The molecule has 1 atom stereocenters. The lowest BCUT2D eigenvalue weighted by Gasteiger charge is -2.32. The van der Waals surface area contributed by atoms with Crippen LogP contribution in [0.2, 0.25) is 0 Å². The van der Waals surface area contributed by atoms with Crippen LogP contribution in [0.25, 0.3) is 0 Å². The third kappa shape index (κ3) is 5.54. The van der Waals surface area contributed by atoms with Gasteiger partial charge in [0.25, 0.3) is 0 Å². The maximum absolute atomic E-state index is 12.8. The van der Waals surface area contributed by atoms with E-state index in [-0.39, 0.29) is 19.1 Å². The van der Waals surface area contributed by atoms with Crippen molar-refractivity contribution in [2.45, 2.75) is 33.4 Å². The minimum atomic E-state index is -4.42. The number of rotatable bonds is 6. The zero-order valence-corrected chi connectivity index (χ0v) is 14.7. The lowest BCUT2D eigenvalue weighted by Crippen LogP contribution is -2.46. The van der Waals surface area contributed by atoms with Gasteiger partial charge in [0, 0.05) is 6.54 Å². The van der Waals surface area contributed by atoms with Gasteiger partial charge in [-0.05, 0) is 43.0 Å². The van der Waals surface area contributed by atoms with Gasteiger partial charge < -0.3 is 14.4 Å². The highest BCUT2D eigenvalue weighted by atomic mass is 19.4. The second-order valence-electron chi connectivity index (χ2n) is 6.64. The lowest BCUT2D eigenvalue weighted by molar-refractivity contribution is -0.165. The predicted octanol–water partition coefficient (Wildman–Crippen LogP) is 3.68. The van der Waals surface area contributed by atoms with Crippen molar-refractivity contribution in [3.05, 3.63) is 23.8 Å². The Hall–Kier alpha value is -1.92. The molecule has 0 saturated heterocycles. The van der Waals surface area contributed by atoms with Gasteiger partial charge in [-0.2, -0.15) is 13.2 Å². The fourth-order valence-electron chi connectivity index (χ4n) is 2.93. The van der Waals surface area contributed by atoms with E-state index in [1.165, 1.54) is 0 Å². The second kappa shape index (κ2) is 7.97. The standard InChI is InChI=1S/C18H24F3NO3/c1-4-24-15-5-6-16-13(8-15)7-14(10-25-16)17(23)22(9-12(2)3)11-18(19,20)21/h5-6,8,12,14H,4,7,9-11H2,1-3H3. The highest BCUT2D eigenvalue weighted by Crippen LogP contribution is 2.32. The minimum absolute atomic E-state index is 0.0485. The van der Waals surface area contributed by atoms with Crippen LogP contribution in [0.4, 0.5) is 13.2 Å². The summed E-state index contributed by atoms with van der Waals surface area (Å²) in [6, 6.07) is 5.33. The molecule has 0 bridgehead atoms. The van der Waals surface area contributed by atoms with Gasteiger partial charge in [-0.1, -0.05) is 13.8 Å². The number of alkyl halides is 3. The Morgan fingerprint density at radius 3 is 2.72 bits per heavy atom. The SMILES string of the molecule is CCOc1ccc2c(c1)CC(C(=O)N(CC(C)C)CC(F)(F)F)CO2. The van der Waals surface area contributed by atoms with Gasteiger partial charge in [0.2, 0.25) is 5.91 Å². The summed E-state index contributed by atoms with van der Waals surface area (Å²) in [5.74, 6) is 0.127. The Balaban J connectivity index is 2.14. The van der Waals surface area contributed by atoms with Gasteiger partial charge in [0.15, 0.2) is 0 Å². The van der Waals surface area contributed by atoms with Crippen LogP contribution < -0.4 is 9.47 Å². The topological polar surface area (TPSA) is 38.8 Å². The van der Waals surface area contributed by atoms with E-state index >= 15 is 0 Å². The summed E-state index contributed by atoms with van der Waals surface area (Å²) in [5.41, 5.74) is 0.784. The van der Waals surface area contributed by atoms with Crippen LogP contribution in [0.15, 0.2) is 18.2 Å². The monoisotopic (exact) mass is 359 g/mol. The van der Waals surface area contributed by atoms with E-state index in [0.29, 0.717) is 24.5 Å². The van der Waals surface area contributed by atoms with Crippen molar-refractivity contribution in [2.24, 2.45) is 11.8 Å². The van der Waals surface area contributed by atoms with Crippen molar-refractivity contribution in [3.8, 4) is 11.5 Å². The van der Waals surface area contributed by atoms with Gasteiger partial charge in [-0.25, -0.2) is 0 Å². The van der Waals surface area contributed by atoms with Gasteiger partial charge in [0.05, 0.1) is 12.5 Å². The minimum Gasteiger partial charge on any atom is -0.494 e. The maximum Gasteiger partial charge on any atom is 0.406 e. The summed E-state index contributed by atoms with van der Waals surface area (Å²) in [6.45, 7) is 4.88. The fourth-order valence-corrected chi connectivity index (χ4v) is 2.93. The highest BCUT2D eigenvalue weighted by Gasteiger charge is 2.37. The Morgan fingerprint density at radius 1 is 1.40 bits per heavy atom. The Bertz CT molecular complexity index is 602. The largest absolute Gasteiger partial charge is 0.494 e. The third-order valence-electron chi connectivity index (χ3n) is 3.87. The fraction of sp³-hybridized carbons (Fsp3) is 0.611. The number of amides is 1. The molecule has 0 radical (unpaired) electrons. The quantitative estimate of drug-likeness (QED) is 0.778. The van der Waals surface area contributed by atoms with Crippen molar-refractivity contribution < 1.29 is 27.4 Å². The molecule has 1 amide bonds. The highest BCUT2D eigenvalue weighted by molar-refractivity contribution is 5.80. The van der Waals surface area contributed by atoms with Crippen LogP contribution in [-0.4, -0.2) is 43.3 Å². The molecule has 1 unspecified atom stereocenters. The van der Waals surface area contributed by atoms with E-state index in [1.54, 1.807) is 32.0 Å². The van der Waals surface area contributed by atoms with Crippen molar-refractivity contribution >= 4 is 5.91 Å². The number of ether oxygens (including phenoxy) is 2. The molecule has 4 nitrogen and oxygen atoms in total. The number of benzene rings is 1. The first-order chi connectivity index (χ1) is 11.7. The molecular weight excluding hydrogens is 335 g/mol. The van der Waals surface area contributed by atoms with Crippen LogP contribution >= 0.6 is 0 Å². The Morgan fingerprint density at radius 2 is 2.12 bits per heavy atom. The molecule has 2 rings (SSSR count). The van der Waals surface area contributed by atoms with E-state index in [0.717, 1.165) is 10.5 Å². The zero-order valence-electron chi connectivity index (χ0n) is 14.7. The van der Waals surface area contributed by atoms with Crippen LogP contribution in [0.1, 0.15) is 26.3 Å². The maximum atomic E-state index is 12.8. The molecule has 140 valence electrons. The molecule has 1 aliphatic heterocycles. The molecule has 0 N–H and O–H groups in total. The number of carbonyl (C=O) groups is 1. The van der Waals surface area contributed by atoms with E-state index in [2.05, 4.69) is 0 Å². The van der Waals surface area contributed by atoms with Gasteiger partial charge >= 0.3 is 6.18 Å². The molecule has 1 aromatic rings. The van der Waals surface area contributed by atoms with E-state index in [1.807, 2.05) is 6.92 Å². The summed E-state index contributed by atoms with van der Waals surface area (Å²) in [6.07, 6.45) is -4.07. The Kier molecular flexibility index (Phi) is 6.19. The summed E-state index contributed by atoms with van der Waals surface area (Å²) < 4.78 is 49.5. The van der Waals surface area contributed by atoms with E-state index < -0.39 is 24.5 Å². The summed E-state index contributed by atoms with van der Waals surface area (Å²) >= 11 is 0. The summed E-state index contributed by atoms with van der Waals surface area (Å²) in [7, 11) is 0. The number of nitrogens with zero attached hydrogens (tertiary/aromatic N) is 1. The molecule has 0 spiro atoms.